The second kappa shape index (κ2) is 6.73. The predicted molar refractivity (Wildman–Crippen MR) is 85.6 cm³/mol. The van der Waals surface area contributed by atoms with E-state index in [1.54, 1.807) is 17.0 Å². The molecular weight excluding hydrogens is 315 g/mol. The molecule has 1 aliphatic heterocycles. The molecule has 0 radical (unpaired) electrons. The molecule has 1 heterocycles. The third-order valence-electron chi connectivity index (χ3n) is 3.26. The third kappa shape index (κ3) is 3.93. The predicted octanol–water partition coefficient (Wildman–Crippen LogP) is 2.60. The molecular formula is C14H20Cl2N2O3. The highest BCUT2D eigenvalue weighted by Crippen LogP contribution is 2.30. The molecule has 0 unspecified atom stereocenters. The van der Waals surface area contributed by atoms with Crippen molar-refractivity contribution in [2.24, 2.45) is 0 Å². The van der Waals surface area contributed by atoms with Gasteiger partial charge in [-0.05, 0) is 19.9 Å². The molecule has 2 rings (SSSR count). The Balaban J connectivity index is 0.00000220. The van der Waals surface area contributed by atoms with E-state index in [4.69, 9.17) is 26.8 Å². The summed E-state index contributed by atoms with van der Waals surface area (Å²) in [5, 5.41) is 0.349. The average molecular weight is 335 g/mol. The molecule has 0 aliphatic carbocycles. The first-order valence-electron chi connectivity index (χ1n) is 6.40. The van der Waals surface area contributed by atoms with Gasteiger partial charge in [-0.2, -0.15) is 0 Å². The minimum absolute atomic E-state index is 0. The van der Waals surface area contributed by atoms with Crippen molar-refractivity contribution >= 4 is 35.6 Å². The first kappa shape index (κ1) is 17.9. The van der Waals surface area contributed by atoms with E-state index >= 15 is 0 Å². The molecule has 0 atom stereocenters. The quantitative estimate of drug-likeness (QED) is 0.844. The molecule has 0 spiro atoms. The van der Waals surface area contributed by atoms with Crippen LogP contribution < -0.4 is 10.5 Å². The number of hydrogen-bond acceptors (Lipinski definition) is 4. The Kier molecular flexibility index (Phi) is 5.73. The van der Waals surface area contributed by atoms with E-state index in [-0.39, 0.29) is 23.9 Å². The van der Waals surface area contributed by atoms with Crippen LogP contribution in [0, 0.1) is 0 Å². The van der Waals surface area contributed by atoms with Crippen molar-refractivity contribution in [1.82, 2.24) is 4.90 Å². The topological polar surface area (TPSA) is 64.8 Å². The fourth-order valence-corrected chi connectivity index (χ4v) is 2.43. The van der Waals surface area contributed by atoms with Gasteiger partial charge in [-0.3, -0.25) is 4.79 Å². The Morgan fingerprint density at radius 3 is 2.71 bits per heavy atom. The lowest BCUT2D eigenvalue weighted by Crippen LogP contribution is -2.50. The Hall–Kier alpha value is -1.17. The number of methoxy groups -OCH3 is 1. The fourth-order valence-electron chi connectivity index (χ4n) is 2.27. The average Bonchev–Trinajstić information content (AvgIpc) is 2.39. The van der Waals surface area contributed by atoms with Gasteiger partial charge in [-0.1, -0.05) is 11.6 Å². The van der Waals surface area contributed by atoms with Crippen LogP contribution >= 0.6 is 24.0 Å². The number of halogens is 2. The van der Waals surface area contributed by atoms with Crippen LogP contribution in [0.25, 0.3) is 0 Å². The van der Waals surface area contributed by atoms with Crippen LogP contribution in [0.2, 0.25) is 5.02 Å². The minimum atomic E-state index is -0.348. The molecule has 0 aromatic heterocycles. The van der Waals surface area contributed by atoms with Crippen LogP contribution in [0.5, 0.6) is 5.75 Å². The third-order valence-corrected chi connectivity index (χ3v) is 3.59. The van der Waals surface area contributed by atoms with Gasteiger partial charge < -0.3 is 20.1 Å². The lowest BCUT2D eigenvalue weighted by atomic mass is 10.1. The van der Waals surface area contributed by atoms with Crippen LogP contribution in [0.15, 0.2) is 12.1 Å². The molecule has 118 valence electrons. The van der Waals surface area contributed by atoms with E-state index < -0.39 is 0 Å². The maximum Gasteiger partial charge on any atom is 0.257 e. The lowest BCUT2D eigenvalue weighted by molar-refractivity contribution is -0.0764. The zero-order valence-electron chi connectivity index (χ0n) is 12.3. The molecule has 21 heavy (non-hydrogen) atoms. The SMILES string of the molecule is COc1cc(N)c(Cl)cc1C(=O)N1CCOC(C)(C)C1.Cl. The molecule has 1 aromatic rings. The number of amides is 1. The van der Waals surface area contributed by atoms with Crippen molar-refractivity contribution in [2.45, 2.75) is 19.4 Å². The summed E-state index contributed by atoms with van der Waals surface area (Å²) in [6.45, 7) is 5.51. The number of rotatable bonds is 2. The summed E-state index contributed by atoms with van der Waals surface area (Å²) in [4.78, 5) is 14.4. The van der Waals surface area contributed by atoms with Crippen LogP contribution in [0.1, 0.15) is 24.2 Å². The Morgan fingerprint density at radius 2 is 2.14 bits per heavy atom. The number of hydrogen-bond donors (Lipinski definition) is 1. The molecule has 1 amide bonds. The first-order valence-corrected chi connectivity index (χ1v) is 6.78. The van der Waals surface area contributed by atoms with Crippen molar-refractivity contribution in [3.8, 4) is 5.75 Å². The molecule has 1 aromatic carbocycles. The minimum Gasteiger partial charge on any atom is -0.496 e. The monoisotopic (exact) mass is 334 g/mol. The molecule has 5 nitrogen and oxygen atoms in total. The zero-order valence-corrected chi connectivity index (χ0v) is 13.9. The number of nitrogens with two attached hydrogens (primary N) is 1. The fraction of sp³-hybridized carbons (Fsp3) is 0.500. The number of anilines is 1. The number of carbonyl (C=O) groups is 1. The highest BCUT2D eigenvalue weighted by Gasteiger charge is 2.31. The van der Waals surface area contributed by atoms with Crippen molar-refractivity contribution < 1.29 is 14.3 Å². The summed E-state index contributed by atoms with van der Waals surface area (Å²) in [6.07, 6.45) is 0. The van der Waals surface area contributed by atoms with Crippen molar-refractivity contribution in [3.63, 3.8) is 0 Å². The number of morpholine rings is 1. The first-order chi connectivity index (χ1) is 9.34. The normalized spacial score (nSPS) is 17.0. The number of ether oxygens (including phenoxy) is 2. The Bertz CT molecular complexity index is 535. The van der Waals surface area contributed by atoms with Crippen molar-refractivity contribution in [1.29, 1.82) is 0 Å². The summed E-state index contributed by atoms with van der Waals surface area (Å²) in [6, 6.07) is 3.13. The Labute approximate surface area is 135 Å². The van der Waals surface area contributed by atoms with Gasteiger partial charge in [-0.15, -0.1) is 12.4 Å². The summed E-state index contributed by atoms with van der Waals surface area (Å²) in [5.41, 5.74) is 6.19. The van der Waals surface area contributed by atoms with Gasteiger partial charge in [0.15, 0.2) is 0 Å². The highest BCUT2D eigenvalue weighted by atomic mass is 35.5. The van der Waals surface area contributed by atoms with Gasteiger partial charge in [0.25, 0.3) is 5.91 Å². The lowest BCUT2D eigenvalue weighted by Gasteiger charge is -2.38. The smallest absolute Gasteiger partial charge is 0.257 e. The van der Waals surface area contributed by atoms with Crippen molar-refractivity contribution in [3.05, 3.63) is 22.7 Å². The summed E-state index contributed by atoms with van der Waals surface area (Å²) >= 11 is 6.01. The van der Waals surface area contributed by atoms with Crippen LogP contribution in [-0.4, -0.2) is 43.2 Å². The second-order valence-electron chi connectivity index (χ2n) is 5.41. The molecule has 1 saturated heterocycles. The molecule has 1 fully saturated rings. The summed E-state index contributed by atoms with van der Waals surface area (Å²) in [5.74, 6) is 0.307. The summed E-state index contributed by atoms with van der Waals surface area (Å²) < 4.78 is 10.8. The van der Waals surface area contributed by atoms with Crippen LogP contribution in [0.3, 0.4) is 0 Å². The van der Waals surface area contributed by atoms with E-state index in [2.05, 4.69) is 0 Å². The molecule has 0 saturated carbocycles. The van der Waals surface area contributed by atoms with Crippen LogP contribution in [0.4, 0.5) is 5.69 Å². The van der Waals surface area contributed by atoms with Crippen molar-refractivity contribution in [2.75, 3.05) is 32.5 Å². The molecule has 1 aliphatic rings. The number of nitrogen functional groups attached to an aromatic ring is 1. The largest absolute Gasteiger partial charge is 0.496 e. The van der Waals surface area contributed by atoms with E-state index in [0.29, 0.717) is 41.7 Å². The van der Waals surface area contributed by atoms with E-state index in [9.17, 15) is 4.79 Å². The molecule has 0 bridgehead atoms. The van der Waals surface area contributed by atoms with Gasteiger partial charge in [0.1, 0.15) is 5.75 Å². The number of nitrogens with zero attached hydrogens (tertiary/aromatic N) is 1. The number of carbonyl (C=O) groups excluding carboxylic acids is 1. The Morgan fingerprint density at radius 1 is 1.48 bits per heavy atom. The second-order valence-corrected chi connectivity index (χ2v) is 5.82. The summed E-state index contributed by atoms with van der Waals surface area (Å²) in [7, 11) is 1.50. The highest BCUT2D eigenvalue weighted by molar-refractivity contribution is 6.33. The number of benzene rings is 1. The van der Waals surface area contributed by atoms with Crippen LogP contribution in [-0.2, 0) is 4.74 Å². The standard InChI is InChI=1S/C14H19ClN2O3.ClH/c1-14(2)8-17(4-5-20-14)13(18)9-6-10(15)11(16)7-12(9)19-3;/h6-7H,4-5,8,16H2,1-3H3;1H. The van der Waals surface area contributed by atoms with Gasteiger partial charge in [0, 0.05) is 19.2 Å². The molecule has 7 heteroatoms. The van der Waals surface area contributed by atoms with E-state index in [1.807, 2.05) is 13.8 Å². The van der Waals surface area contributed by atoms with E-state index in [1.165, 1.54) is 7.11 Å². The van der Waals surface area contributed by atoms with Gasteiger partial charge in [0.05, 0.1) is 35.6 Å². The zero-order chi connectivity index (χ0) is 14.9. The molecule has 2 N–H and O–H groups in total. The van der Waals surface area contributed by atoms with Gasteiger partial charge in [0.2, 0.25) is 0 Å². The maximum atomic E-state index is 12.6. The van der Waals surface area contributed by atoms with E-state index in [0.717, 1.165) is 0 Å². The maximum absolute atomic E-state index is 12.6. The van der Waals surface area contributed by atoms with Gasteiger partial charge >= 0.3 is 0 Å². The van der Waals surface area contributed by atoms with Gasteiger partial charge in [-0.25, -0.2) is 0 Å².